The average molecular weight is 290 g/mol. The van der Waals surface area contributed by atoms with Gasteiger partial charge >= 0.3 is 0 Å². The molecule has 2 aromatic rings. The van der Waals surface area contributed by atoms with Crippen LogP contribution in [0.4, 0.5) is 5.69 Å². The van der Waals surface area contributed by atoms with Crippen LogP contribution >= 0.6 is 11.6 Å². The Morgan fingerprint density at radius 3 is 3.10 bits per heavy atom. The molecular weight excluding hydrogens is 278 g/mol. The molecule has 102 valence electrons. The summed E-state index contributed by atoms with van der Waals surface area (Å²) < 4.78 is 0. The van der Waals surface area contributed by atoms with Gasteiger partial charge in [-0.2, -0.15) is 5.10 Å². The predicted octanol–water partition coefficient (Wildman–Crippen LogP) is 1.97. The van der Waals surface area contributed by atoms with Crippen LogP contribution in [-0.4, -0.2) is 26.1 Å². The van der Waals surface area contributed by atoms with Crippen LogP contribution < -0.4 is 5.32 Å². The van der Waals surface area contributed by atoms with Crippen LogP contribution in [0.25, 0.3) is 0 Å². The molecule has 0 spiro atoms. The van der Waals surface area contributed by atoms with E-state index in [0.717, 1.165) is 17.9 Å². The second-order valence-electron chi connectivity index (χ2n) is 4.76. The fourth-order valence-corrected chi connectivity index (χ4v) is 2.22. The molecule has 20 heavy (non-hydrogen) atoms. The molecule has 1 aliphatic rings. The van der Waals surface area contributed by atoms with Gasteiger partial charge in [0.25, 0.3) is 0 Å². The lowest BCUT2D eigenvalue weighted by Crippen LogP contribution is -2.15. The number of amides is 1. The molecule has 0 saturated heterocycles. The lowest BCUT2D eigenvalue weighted by atomic mass is 10.2. The zero-order chi connectivity index (χ0) is 14.1. The van der Waals surface area contributed by atoms with Crippen LogP contribution in [-0.2, 0) is 4.79 Å². The summed E-state index contributed by atoms with van der Waals surface area (Å²) in [5.74, 6) is 0.670. The van der Waals surface area contributed by atoms with Gasteiger partial charge in [-0.05, 0) is 19.4 Å². The first kappa shape index (κ1) is 12.9. The molecule has 1 fully saturated rings. The number of carbonyl (C=O) groups excluding carboxylic acids is 1. The molecule has 1 aliphatic carbocycles. The Morgan fingerprint density at radius 2 is 2.35 bits per heavy atom. The standard InChI is InChI=1S/C13H12ClN5O/c1-7-2-3-15-12(17-7)9-5-10(9)13(20)18-8-4-11(14)19-16-6-8/h2-4,6,9-10H,5H2,1H3,(H,18,19,20). The average Bonchev–Trinajstić information content (AvgIpc) is 3.19. The minimum absolute atomic E-state index is 0.0656. The van der Waals surface area contributed by atoms with Crippen molar-refractivity contribution in [2.45, 2.75) is 19.3 Å². The Labute approximate surface area is 120 Å². The first-order valence-electron chi connectivity index (χ1n) is 6.22. The van der Waals surface area contributed by atoms with Crippen LogP contribution in [0.1, 0.15) is 23.9 Å². The van der Waals surface area contributed by atoms with E-state index in [1.165, 1.54) is 6.20 Å². The molecule has 0 bridgehead atoms. The van der Waals surface area contributed by atoms with E-state index in [0.29, 0.717) is 5.69 Å². The highest BCUT2D eigenvalue weighted by molar-refractivity contribution is 6.29. The van der Waals surface area contributed by atoms with Gasteiger partial charge in [0.1, 0.15) is 5.82 Å². The van der Waals surface area contributed by atoms with Crippen molar-refractivity contribution in [3.63, 3.8) is 0 Å². The van der Waals surface area contributed by atoms with Gasteiger partial charge in [0.2, 0.25) is 5.91 Å². The molecule has 3 rings (SSSR count). The van der Waals surface area contributed by atoms with Crippen LogP contribution in [0, 0.1) is 12.8 Å². The summed E-state index contributed by atoms with van der Waals surface area (Å²) in [6.07, 6.45) is 3.95. The summed E-state index contributed by atoms with van der Waals surface area (Å²) in [6.45, 7) is 1.91. The van der Waals surface area contributed by atoms with Gasteiger partial charge in [-0.3, -0.25) is 4.79 Å². The minimum atomic E-state index is -0.0938. The number of carbonyl (C=O) groups is 1. The van der Waals surface area contributed by atoms with Crippen molar-refractivity contribution in [2.24, 2.45) is 5.92 Å². The molecule has 2 heterocycles. The second kappa shape index (κ2) is 5.13. The molecule has 2 aromatic heterocycles. The summed E-state index contributed by atoms with van der Waals surface area (Å²) in [7, 11) is 0. The van der Waals surface area contributed by atoms with Gasteiger partial charge in [-0.1, -0.05) is 11.6 Å². The van der Waals surface area contributed by atoms with Crippen LogP contribution in [0.5, 0.6) is 0 Å². The number of anilines is 1. The minimum Gasteiger partial charge on any atom is -0.324 e. The van der Waals surface area contributed by atoms with Crippen molar-refractivity contribution in [2.75, 3.05) is 5.32 Å². The highest BCUT2D eigenvalue weighted by Crippen LogP contribution is 2.46. The Bertz CT molecular complexity index is 663. The monoisotopic (exact) mass is 289 g/mol. The number of rotatable bonds is 3. The summed E-state index contributed by atoms with van der Waals surface area (Å²) in [5, 5.41) is 10.3. The topological polar surface area (TPSA) is 80.7 Å². The van der Waals surface area contributed by atoms with Crippen molar-refractivity contribution in [1.82, 2.24) is 20.2 Å². The molecule has 0 aliphatic heterocycles. The summed E-state index contributed by atoms with van der Waals surface area (Å²) in [6, 6.07) is 3.40. The maximum atomic E-state index is 12.1. The zero-order valence-corrected chi connectivity index (χ0v) is 11.5. The smallest absolute Gasteiger partial charge is 0.228 e. The maximum Gasteiger partial charge on any atom is 0.228 e. The largest absolute Gasteiger partial charge is 0.324 e. The second-order valence-corrected chi connectivity index (χ2v) is 5.15. The van der Waals surface area contributed by atoms with E-state index in [1.807, 2.05) is 13.0 Å². The Morgan fingerprint density at radius 1 is 1.50 bits per heavy atom. The Kier molecular flexibility index (Phi) is 3.31. The maximum absolute atomic E-state index is 12.1. The number of halogens is 1. The van der Waals surface area contributed by atoms with Gasteiger partial charge in [0.15, 0.2) is 5.15 Å². The number of aromatic nitrogens is 4. The number of aryl methyl sites for hydroxylation is 1. The van der Waals surface area contributed by atoms with E-state index in [2.05, 4.69) is 25.5 Å². The lowest BCUT2D eigenvalue weighted by Gasteiger charge is -2.04. The Balaban J connectivity index is 1.66. The van der Waals surface area contributed by atoms with Gasteiger partial charge < -0.3 is 5.32 Å². The third kappa shape index (κ3) is 2.75. The quantitative estimate of drug-likeness (QED) is 0.934. The molecule has 0 aromatic carbocycles. The number of hydrogen-bond donors (Lipinski definition) is 1. The molecular formula is C13H12ClN5O. The van der Waals surface area contributed by atoms with E-state index < -0.39 is 0 Å². The summed E-state index contributed by atoms with van der Waals surface area (Å²) in [4.78, 5) is 20.7. The summed E-state index contributed by atoms with van der Waals surface area (Å²) in [5.41, 5.74) is 1.46. The van der Waals surface area contributed by atoms with Crippen molar-refractivity contribution in [3.8, 4) is 0 Å². The number of nitrogens with one attached hydrogen (secondary N) is 1. The molecule has 1 saturated carbocycles. The third-order valence-corrected chi connectivity index (χ3v) is 3.35. The molecule has 6 nitrogen and oxygen atoms in total. The first-order valence-corrected chi connectivity index (χ1v) is 6.60. The molecule has 1 amide bonds. The van der Waals surface area contributed by atoms with Gasteiger partial charge in [-0.25, -0.2) is 9.97 Å². The third-order valence-electron chi connectivity index (χ3n) is 3.16. The fraction of sp³-hybridized carbons (Fsp3) is 0.308. The highest BCUT2D eigenvalue weighted by atomic mass is 35.5. The zero-order valence-electron chi connectivity index (χ0n) is 10.7. The lowest BCUT2D eigenvalue weighted by molar-refractivity contribution is -0.117. The van der Waals surface area contributed by atoms with Crippen molar-refractivity contribution < 1.29 is 4.79 Å². The van der Waals surface area contributed by atoms with Gasteiger partial charge in [-0.15, -0.1) is 5.10 Å². The van der Waals surface area contributed by atoms with E-state index >= 15 is 0 Å². The molecule has 1 N–H and O–H groups in total. The number of hydrogen-bond acceptors (Lipinski definition) is 5. The Hall–Kier alpha value is -2.08. The van der Waals surface area contributed by atoms with E-state index in [-0.39, 0.29) is 22.9 Å². The molecule has 7 heteroatoms. The normalized spacial score (nSPS) is 20.5. The fourth-order valence-electron chi connectivity index (χ4n) is 2.06. The molecule has 0 radical (unpaired) electrons. The van der Waals surface area contributed by atoms with Crippen LogP contribution in [0.2, 0.25) is 5.15 Å². The molecule has 2 unspecified atom stereocenters. The van der Waals surface area contributed by atoms with Crippen molar-refractivity contribution >= 4 is 23.2 Å². The molecule has 2 atom stereocenters. The van der Waals surface area contributed by atoms with Crippen LogP contribution in [0.15, 0.2) is 24.5 Å². The highest BCUT2D eigenvalue weighted by Gasteiger charge is 2.46. The van der Waals surface area contributed by atoms with Gasteiger partial charge in [0, 0.05) is 29.8 Å². The van der Waals surface area contributed by atoms with E-state index in [1.54, 1.807) is 12.3 Å². The summed E-state index contributed by atoms with van der Waals surface area (Å²) >= 11 is 5.72. The van der Waals surface area contributed by atoms with E-state index in [4.69, 9.17) is 11.6 Å². The first-order chi connectivity index (χ1) is 9.63. The van der Waals surface area contributed by atoms with Crippen LogP contribution in [0.3, 0.4) is 0 Å². The number of nitrogens with zero attached hydrogens (tertiary/aromatic N) is 4. The predicted molar refractivity (Wildman–Crippen MR) is 73.3 cm³/mol. The van der Waals surface area contributed by atoms with Crippen molar-refractivity contribution in [1.29, 1.82) is 0 Å². The van der Waals surface area contributed by atoms with Crippen molar-refractivity contribution in [3.05, 3.63) is 41.2 Å². The SMILES string of the molecule is Cc1ccnc(C2CC2C(=O)Nc2cnnc(Cl)c2)n1. The van der Waals surface area contributed by atoms with E-state index in [9.17, 15) is 4.79 Å². The van der Waals surface area contributed by atoms with Gasteiger partial charge in [0.05, 0.1) is 11.9 Å².